The van der Waals surface area contributed by atoms with Gasteiger partial charge in [-0.25, -0.2) is 5.43 Å². The van der Waals surface area contributed by atoms with E-state index >= 15 is 0 Å². The van der Waals surface area contributed by atoms with E-state index in [-0.39, 0.29) is 11.5 Å². The molecule has 0 spiro atoms. The van der Waals surface area contributed by atoms with Crippen LogP contribution in [0.15, 0.2) is 46.0 Å². The van der Waals surface area contributed by atoms with Crippen molar-refractivity contribution >= 4 is 55.8 Å². The number of para-hydroxylation sites is 1. The molecule has 0 saturated heterocycles. The standard InChI is InChI=1S/C18H14BrN7O3/c1-2-25-13-6-4-3-5-12(13)15-17(25)21-18(24-22-15)23-20-9-10-7-11(19)8-14(16(10)27)26(28)29/h3-9,27H,2H2,1H3,(H,21,23,24)/b20-9+. The van der Waals surface area contributed by atoms with Crippen molar-refractivity contribution in [3.05, 3.63) is 56.5 Å². The van der Waals surface area contributed by atoms with Gasteiger partial charge in [-0.05, 0) is 19.1 Å². The Bertz CT molecular complexity index is 1290. The van der Waals surface area contributed by atoms with E-state index in [2.05, 4.69) is 41.6 Å². The summed E-state index contributed by atoms with van der Waals surface area (Å²) in [6.07, 6.45) is 1.25. The lowest BCUT2D eigenvalue weighted by Gasteiger charge is -2.03. The Labute approximate surface area is 172 Å². The highest BCUT2D eigenvalue weighted by Gasteiger charge is 2.18. The molecule has 2 aromatic heterocycles. The number of hydrogen-bond donors (Lipinski definition) is 2. The normalized spacial score (nSPS) is 11.5. The van der Waals surface area contributed by atoms with Gasteiger partial charge in [-0.1, -0.05) is 34.1 Å². The highest BCUT2D eigenvalue weighted by molar-refractivity contribution is 9.10. The van der Waals surface area contributed by atoms with Crippen LogP contribution in [-0.2, 0) is 6.54 Å². The molecule has 0 aliphatic carbocycles. The SMILES string of the molecule is CCn1c2ccccc2c2nnc(N/N=C/c3cc(Br)cc([N+](=O)[O-])c3O)nc21. The average Bonchev–Trinajstić information content (AvgIpc) is 3.03. The lowest BCUT2D eigenvalue weighted by atomic mass is 10.2. The summed E-state index contributed by atoms with van der Waals surface area (Å²) >= 11 is 3.18. The molecule has 2 N–H and O–H groups in total. The monoisotopic (exact) mass is 455 g/mol. The fraction of sp³-hybridized carbons (Fsp3) is 0.111. The number of phenols is 1. The van der Waals surface area contributed by atoms with Crippen molar-refractivity contribution in [2.75, 3.05) is 5.43 Å². The number of anilines is 1. The Morgan fingerprint density at radius 1 is 1.34 bits per heavy atom. The molecule has 0 aliphatic rings. The number of aromatic nitrogens is 4. The van der Waals surface area contributed by atoms with Crippen molar-refractivity contribution in [2.24, 2.45) is 5.10 Å². The minimum atomic E-state index is -0.671. The molecule has 11 heteroatoms. The number of halogens is 1. The molecule has 10 nitrogen and oxygen atoms in total. The van der Waals surface area contributed by atoms with Crippen LogP contribution in [0.1, 0.15) is 12.5 Å². The highest BCUT2D eigenvalue weighted by atomic mass is 79.9. The number of aryl methyl sites for hydroxylation is 1. The number of nitro groups is 1. The number of aromatic hydroxyl groups is 1. The van der Waals surface area contributed by atoms with Crippen molar-refractivity contribution in [1.82, 2.24) is 19.7 Å². The molecule has 0 saturated carbocycles. The number of hydrazone groups is 1. The largest absolute Gasteiger partial charge is 0.502 e. The van der Waals surface area contributed by atoms with Crippen LogP contribution < -0.4 is 5.43 Å². The smallest absolute Gasteiger partial charge is 0.312 e. The van der Waals surface area contributed by atoms with Crippen LogP contribution in [-0.4, -0.2) is 36.0 Å². The van der Waals surface area contributed by atoms with Gasteiger partial charge in [0.2, 0.25) is 5.75 Å². The number of nitro benzene ring substituents is 1. The summed E-state index contributed by atoms with van der Waals surface area (Å²) in [6, 6.07) is 10.6. The molecular formula is C18H14BrN7O3. The van der Waals surface area contributed by atoms with Gasteiger partial charge < -0.3 is 9.67 Å². The minimum absolute atomic E-state index is 0.162. The zero-order chi connectivity index (χ0) is 20.5. The molecule has 4 rings (SSSR count). The number of fused-ring (bicyclic) bond motifs is 3. The molecule has 29 heavy (non-hydrogen) atoms. The van der Waals surface area contributed by atoms with Gasteiger partial charge >= 0.3 is 5.69 Å². The number of nitrogens with one attached hydrogen (secondary N) is 1. The van der Waals surface area contributed by atoms with E-state index < -0.39 is 16.4 Å². The molecule has 2 heterocycles. The number of phenolic OH excluding ortho intramolecular Hbond substituents is 1. The van der Waals surface area contributed by atoms with Crippen molar-refractivity contribution < 1.29 is 10.0 Å². The molecule has 0 radical (unpaired) electrons. The van der Waals surface area contributed by atoms with Gasteiger partial charge in [0, 0.05) is 28.0 Å². The predicted octanol–water partition coefficient (Wildman–Crippen LogP) is 3.82. The van der Waals surface area contributed by atoms with Crippen molar-refractivity contribution in [2.45, 2.75) is 13.5 Å². The first kappa shape index (κ1) is 18.7. The topological polar surface area (TPSA) is 131 Å². The Morgan fingerprint density at radius 2 is 2.14 bits per heavy atom. The molecule has 0 bridgehead atoms. The van der Waals surface area contributed by atoms with E-state index in [1.165, 1.54) is 18.3 Å². The zero-order valence-corrected chi connectivity index (χ0v) is 16.7. The van der Waals surface area contributed by atoms with E-state index in [0.717, 1.165) is 10.9 Å². The maximum absolute atomic E-state index is 11.0. The lowest BCUT2D eigenvalue weighted by Crippen LogP contribution is -2.02. The van der Waals surface area contributed by atoms with Crippen molar-refractivity contribution in [3.63, 3.8) is 0 Å². The summed E-state index contributed by atoms with van der Waals surface area (Å²) in [5.41, 5.74) is 4.76. The maximum Gasteiger partial charge on any atom is 0.312 e. The molecule has 2 aromatic carbocycles. The maximum atomic E-state index is 11.0. The van der Waals surface area contributed by atoms with Gasteiger partial charge in [0.25, 0.3) is 5.95 Å². The summed E-state index contributed by atoms with van der Waals surface area (Å²) < 4.78 is 2.47. The van der Waals surface area contributed by atoms with Gasteiger partial charge in [0.15, 0.2) is 5.65 Å². The van der Waals surface area contributed by atoms with Crippen molar-refractivity contribution in [3.8, 4) is 5.75 Å². The summed E-state index contributed by atoms with van der Waals surface area (Å²) in [6.45, 7) is 2.73. The first-order chi connectivity index (χ1) is 14.0. The van der Waals surface area contributed by atoms with E-state index in [1.807, 2.05) is 35.8 Å². The first-order valence-corrected chi connectivity index (χ1v) is 9.36. The van der Waals surface area contributed by atoms with Gasteiger partial charge in [-0.15, -0.1) is 10.2 Å². The Hall–Kier alpha value is -3.60. The second-order valence-corrected chi connectivity index (χ2v) is 6.97. The van der Waals surface area contributed by atoms with Crippen molar-refractivity contribution in [1.29, 1.82) is 0 Å². The first-order valence-electron chi connectivity index (χ1n) is 8.57. The molecule has 4 aromatic rings. The van der Waals surface area contributed by atoms with Gasteiger partial charge in [-0.2, -0.15) is 10.1 Å². The summed E-state index contributed by atoms with van der Waals surface area (Å²) in [5.74, 6) is -0.320. The van der Waals surface area contributed by atoms with Crippen LogP contribution in [0.4, 0.5) is 11.6 Å². The van der Waals surface area contributed by atoms with Gasteiger partial charge in [0.1, 0.15) is 5.52 Å². The minimum Gasteiger partial charge on any atom is -0.502 e. The molecule has 0 atom stereocenters. The van der Waals surface area contributed by atoms with Crippen LogP contribution in [0.25, 0.3) is 22.1 Å². The lowest BCUT2D eigenvalue weighted by molar-refractivity contribution is -0.385. The van der Waals surface area contributed by atoms with E-state index in [1.54, 1.807) is 0 Å². The number of rotatable bonds is 5. The van der Waals surface area contributed by atoms with E-state index in [4.69, 9.17) is 0 Å². The number of hydrogen-bond acceptors (Lipinski definition) is 8. The summed E-state index contributed by atoms with van der Waals surface area (Å²) in [4.78, 5) is 14.8. The fourth-order valence-corrected chi connectivity index (χ4v) is 3.54. The second kappa shape index (κ2) is 7.43. The number of nitrogens with zero attached hydrogens (tertiary/aromatic N) is 6. The third-order valence-electron chi connectivity index (χ3n) is 4.34. The quantitative estimate of drug-likeness (QED) is 0.265. The highest BCUT2D eigenvalue weighted by Crippen LogP contribution is 2.32. The Kier molecular flexibility index (Phi) is 4.80. The third kappa shape index (κ3) is 3.36. The number of benzene rings is 2. The van der Waals surface area contributed by atoms with Gasteiger partial charge in [-0.3, -0.25) is 10.1 Å². The molecule has 0 unspecified atom stereocenters. The van der Waals surface area contributed by atoms with E-state index in [0.29, 0.717) is 22.2 Å². The van der Waals surface area contributed by atoms with Crippen LogP contribution in [0.5, 0.6) is 5.75 Å². The molecule has 0 aliphatic heterocycles. The summed E-state index contributed by atoms with van der Waals surface area (Å²) in [7, 11) is 0. The second-order valence-electron chi connectivity index (χ2n) is 6.06. The Balaban J connectivity index is 1.67. The molecule has 0 amide bonds. The van der Waals surface area contributed by atoms with Crippen LogP contribution in [0.2, 0.25) is 0 Å². The predicted molar refractivity (Wildman–Crippen MR) is 112 cm³/mol. The molecular weight excluding hydrogens is 442 g/mol. The third-order valence-corrected chi connectivity index (χ3v) is 4.80. The summed E-state index contributed by atoms with van der Waals surface area (Å²) in [5, 5.41) is 34.3. The average molecular weight is 456 g/mol. The molecule has 146 valence electrons. The van der Waals surface area contributed by atoms with Crippen LogP contribution >= 0.6 is 15.9 Å². The fourth-order valence-electron chi connectivity index (χ4n) is 3.07. The van der Waals surface area contributed by atoms with E-state index in [9.17, 15) is 15.2 Å². The van der Waals surface area contributed by atoms with Crippen LogP contribution in [0.3, 0.4) is 0 Å². The Morgan fingerprint density at radius 3 is 2.90 bits per heavy atom. The molecule has 0 fully saturated rings. The zero-order valence-electron chi connectivity index (χ0n) is 15.1. The van der Waals surface area contributed by atoms with Gasteiger partial charge in [0.05, 0.1) is 16.7 Å². The van der Waals surface area contributed by atoms with Crippen LogP contribution in [0, 0.1) is 10.1 Å².